The number of anilines is 2. The average Bonchev–Trinajstić information content (AvgIpc) is 2.59. The number of aromatic nitrogens is 1. The molecule has 24 heavy (non-hydrogen) atoms. The minimum atomic E-state index is -0.185. The summed E-state index contributed by atoms with van der Waals surface area (Å²) in [5.74, 6) is -0.185. The highest BCUT2D eigenvalue weighted by molar-refractivity contribution is 6.31. The van der Waals surface area contributed by atoms with Crippen molar-refractivity contribution in [1.82, 2.24) is 4.98 Å². The Bertz CT molecular complexity index is 726. The topological polar surface area (TPSA) is 54.0 Å². The molecule has 2 aromatic rings. The van der Waals surface area contributed by atoms with Gasteiger partial charge in [0.1, 0.15) is 0 Å². The number of carbonyl (C=O) groups excluding carboxylic acids is 1. The highest BCUT2D eigenvalue weighted by Crippen LogP contribution is 2.23. The SMILES string of the molecule is Cc1ccc(NC(=O)c2cncc(NC3CCCCC3)c2)cc1Cl. The number of halogens is 1. The molecule has 0 radical (unpaired) electrons. The number of pyridine rings is 1. The van der Waals surface area contributed by atoms with Gasteiger partial charge in [0.15, 0.2) is 0 Å². The van der Waals surface area contributed by atoms with Gasteiger partial charge in [0.2, 0.25) is 0 Å². The summed E-state index contributed by atoms with van der Waals surface area (Å²) in [4.78, 5) is 16.6. The van der Waals surface area contributed by atoms with Gasteiger partial charge in [-0.05, 0) is 43.5 Å². The van der Waals surface area contributed by atoms with E-state index in [0.29, 0.717) is 22.3 Å². The van der Waals surface area contributed by atoms with Crippen LogP contribution >= 0.6 is 11.6 Å². The highest BCUT2D eigenvalue weighted by atomic mass is 35.5. The molecule has 0 aliphatic heterocycles. The van der Waals surface area contributed by atoms with Crippen molar-refractivity contribution in [2.45, 2.75) is 45.1 Å². The van der Waals surface area contributed by atoms with Crippen LogP contribution in [-0.2, 0) is 0 Å². The Labute approximate surface area is 147 Å². The number of amides is 1. The molecule has 2 N–H and O–H groups in total. The largest absolute Gasteiger partial charge is 0.381 e. The van der Waals surface area contributed by atoms with E-state index in [4.69, 9.17) is 11.6 Å². The Morgan fingerprint density at radius 2 is 1.92 bits per heavy atom. The van der Waals surface area contributed by atoms with Crippen molar-refractivity contribution in [3.05, 3.63) is 52.8 Å². The third kappa shape index (κ3) is 4.26. The lowest BCUT2D eigenvalue weighted by Gasteiger charge is -2.23. The van der Waals surface area contributed by atoms with Gasteiger partial charge in [-0.3, -0.25) is 9.78 Å². The maximum atomic E-state index is 12.4. The normalized spacial score (nSPS) is 15.1. The van der Waals surface area contributed by atoms with Gasteiger partial charge in [-0.1, -0.05) is 36.9 Å². The summed E-state index contributed by atoms with van der Waals surface area (Å²) in [7, 11) is 0. The second-order valence-corrected chi connectivity index (χ2v) is 6.77. The summed E-state index contributed by atoms with van der Waals surface area (Å²) in [6.07, 6.45) is 9.55. The lowest BCUT2D eigenvalue weighted by Crippen LogP contribution is -2.22. The van der Waals surface area contributed by atoms with Crippen LogP contribution in [0.3, 0.4) is 0 Å². The molecule has 0 unspecified atom stereocenters. The van der Waals surface area contributed by atoms with Crippen LogP contribution in [0.4, 0.5) is 11.4 Å². The molecule has 1 aromatic heterocycles. The second-order valence-electron chi connectivity index (χ2n) is 6.36. The molecule has 1 amide bonds. The molecular formula is C19H22ClN3O. The molecule has 0 saturated heterocycles. The first-order chi connectivity index (χ1) is 11.6. The van der Waals surface area contributed by atoms with Crippen molar-refractivity contribution in [2.75, 3.05) is 10.6 Å². The van der Waals surface area contributed by atoms with E-state index in [1.54, 1.807) is 18.5 Å². The molecule has 1 aliphatic carbocycles. The minimum Gasteiger partial charge on any atom is -0.381 e. The van der Waals surface area contributed by atoms with Crippen LogP contribution in [0.15, 0.2) is 36.7 Å². The number of benzene rings is 1. The maximum Gasteiger partial charge on any atom is 0.257 e. The van der Waals surface area contributed by atoms with Crippen molar-refractivity contribution in [2.24, 2.45) is 0 Å². The standard InChI is InChI=1S/C19H22ClN3O/c1-13-7-8-16(10-18(13)20)23-19(24)14-9-17(12-21-11-14)22-15-5-3-2-4-6-15/h7-12,15,22H,2-6H2,1H3,(H,23,24). The first-order valence-corrected chi connectivity index (χ1v) is 8.79. The molecule has 1 fully saturated rings. The van der Waals surface area contributed by atoms with Crippen LogP contribution in [0.25, 0.3) is 0 Å². The molecule has 1 aliphatic rings. The molecule has 1 heterocycles. The quantitative estimate of drug-likeness (QED) is 0.817. The summed E-state index contributed by atoms with van der Waals surface area (Å²) >= 11 is 6.10. The smallest absolute Gasteiger partial charge is 0.257 e. The lowest BCUT2D eigenvalue weighted by molar-refractivity contribution is 0.102. The zero-order valence-electron chi connectivity index (χ0n) is 13.8. The summed E-state index contributed by atoms with van der Waals surface area (Å²) < 4.78 is 0. The third-order valence-electron chi connectivity index (χ3n) is 4.41. The number of hydrogen-bond donors (Lipinski definition) is 2. The van der Waals surface area contributed by atoms with E-state index < -0.39 is 0 Å². The van der Waals surface area contributed by atoms with Crippen molar-refractivity contribution >= 4 is 28.9 Å². The van der Waals surface area contributed by atoms with Crippen molar-refractivity contribution in [3.63, 3.8) is 0 Å². The van der Waals surface area contributed by atoms with E-state index in [1.165, 1.54) is 32.1 Å². The third-order valence-corrected chi connectivity index (χ3v) is 4.81. The molecule has 0 spiro atoms. The molecule has 5 heteroatoms. The van der Waals surface area contributed by atoms with Crippen LogP contribution in [0.5, 0.6) is 0 Å². The minimum absolute atomic E-state index is 0.185. The van der Waals surface area contributed by atoms with E-state index in [1.807, 2.05) is 25.1 Å². The molecule has 1 saturated carbocycles. The van der Waals surface area contributed by atoms with E-state index in [-0.39, 0.29) is 5.91 Å². The highest BCUT2D eigenvalue weighted by Gasteiger charge is 2.14. The van der Waals surface area contributed by atoms with Crippen molar-refractivity contribution in [1.29, 1.82) is 0 Å². The number of nitrogens with one attached hydrogen (secondary N) is 2. The van der Waals surface area contributed by atoms with Crippen LogP contribution < -0.4 is 10.6 Å². The average molecular weight is 344 g/mol. The predicted molar refractivity (Wildman–Crippen MR) is 98.9 cm³/mol. The summed E-state index contributed by atoms with van der Waals surface area (Å²) in [6.45, 7) is 1.93. The molecular weight excluding hydrogens is 322 g/mol. The Kier molecular flexibility index (Phi) is 5.36. The summed E-state index contributed by atoms with van der Waals surface area (Å²) in [6, 6.07) is 7.82. The van der Waals surface area contributed by atoms with Crippen molar-refractivity contribution < 1.29 is 4.79 Å². The van der Waals surface area contributed by atoms with Crippen LogP contribution in [0.1, 0.15) is 48.0 Å². The second kappa shape index (κ2) is 7.67. The van der Waals surface area contributed by atoms with Gasteiger partial charge in [0.05, 0.1) is 11.3 Å². The van der Waals surface area contributed by atoms with Gasteiger partial charge >= 0.3 is 0 Å². The first kappa shape index (κ1) is 16.8. The van der Waals surface area contributed by atoms with E-state index in [0.717, 1.165) is 11.3 Å². The number of hydrogen-bond acceptors (Lipinski definition) is 3. The van der Waals surface area contributed by atoms with Gasteiger partial charge in [0.25, 0.3) is 5.91 Å². The summed E-state index contributed by atoms with van der Waals surface area (Å²) in [5, 5.41) is 7.00. The van der Waals surface area contributed by atoms with Crippen molar-refractivity contribution in [3.8, 4) is 0 Å². The van der Waals surface area contributed by atoms with E-state index in [9.17, 15) is 4.79 Å². The predicted octanol–water partition coefficient (Wildman–Crippen LogP) is 5.04. The Morgan fingerprint density at radius 3 is 2.67 bits per heavy atom. The molecule has 0 bridgehead atoms. The van der Waals surface area contributed by atoms with E-state index >= 15 is 0 Å². The van der Waals surface area contributed by atoms with Crippen LogP contribution in [0, 0.1) is 6.92 Å². The van der Waals surface area contributed by atoms with Gasteiger partial charge in [-0.15, -0.1) is 0 Å². The molecule has 0 atom stereocenters. The number of nitrogens with zero attached hydrogens (tertiary/aromatic N) is 1. The molecule has 3 rings (SSSR count). The number of rotatable bonds is 4. The zero-order chi connectivity index (χ0) is 16.9. The molecule has 1 aromatic carbocycles. The monoisotopic (exact) mass is 343 g/mol. The molecule has 4 nitrogen and oxygen atoms in total. The van der Waals surface area contributed by atoms with Crippen LogP contribution in [0.2, 0.25) is 5.02 Å². The van der Waals surface area contributed by atoms with E-state index in [2.05, 4.69) is 15.6 Å². The van der Waals surface area contributed by atoms with Gasteiger partial charge in [-0.25, -0.2) is 0 Å². The maximum absolute atomic E-state index is 12.4. The Balaban J connectivity index is 1.68. The first-order valence-electron chi connectivity index (χ1n) is 8.41. The fourth-order valence-corrected chi connectivity index (χ4v) is 3.18. The number of carbonyl (C=O) groups is 1. The van der Waals surface area contributed by atoms with Gasteiger partial charge in [0, 0.05) is 29.1 Å². The fourth-order valence-electron chi connectivity index (χ4n) is 3.00. The van der Waals surface area contributed by atoms with Gasteiger partial charge in [-0.2, -0.15) is 0 Å². The zero-order valence-corrected chi connectivity index (χ0v) is 14.6. The Morgan fingerprint density at radius 1 is 1.12 bits per heavy atom. The Hall–Kier alpha value is -2.07. The lowest BCUT2D eigenvalue weighted by atomic mass is 9.95. The van der Waals surface area contributed by atoms with Crippen LogP contribution in [-0.4, -0.2) is 16.9 Å². The van der Waals surface area contributed by atoms with Gasteiger partial charge < -0.3 is 10.6 Å². The number of aryl methyl sites for hydroxylation is 1. The fraction of sp³-hybridized carbons (Fsp3) is 0.368. The molecule has 126 valence electrons. The summed E-state index contributed by atoms with van der Waals surface area (Å²) in [5.41, 5.74) is 3.10.